The van der Waals surface area contributed by atoms with Crippen molar-refractivity contribution in [1.82, 2.24) is 4.31 Å². The van der Waals surface area contributed by atoms with Crippen LogP contribution in [0, 0.1) is 6.92 Å². The number of hydrogen-bond donors (Lipinski definition) is 1. The minimum atomic E-state index is -4.75. The first-order valence-electron chi connectivity index (χ1n) is 10.2. The molecule has 1 amide bonds. The van der Waals surface area contributed by atoms with Crippen molar-refractivity contribution >= 4 is 27.6 Å². The third-order valence-corrected chi connectivity index (χ3v) is 7.12. The molecule has 0 saturated carbocycles. The van der Waals surface area contributed by atoms with E-state index in [1.54, 1.807) is 6.92 Å². The zero-order valence-electron chi connectivity index (χ0n) is 17.8. The molecule has 1 aliphatic rings. The summed E-state index contributed by atoms with van der Waals surface area (Å²) < 4.78 is 71.1. The molecule has 11 heteroatoms. The Morgan fingerprint density at radius 3 is 2.39 bits per heavy atom. The minimum Gasteiger partial charge on any atom is -0.452 e. The molecular weight excluding hydrogens is 461 g/mol. The smallest absolute Gasteiger partial charge is 0.417 e. The third-order valence-electron chi connectivity index (χ3n) is 5.22. The lowest BCUT2D eigenvalue weighted by atomic mass is 10.1. The Labute approximate surface area is 189 Å². The molecular formula is C22H23F3N2O5S. The standard InChI is InChI=1S/C22H23F3N2O5S/c1-15-9-10-16(33(30,31)27-11-5-2-6-12-27)13-19(15)26-20(28)14-32-21(29)17-7-3-4-8-18(17)22(23,24)25/h3-4,7-10,13H,2,5-6,11-12,14H2,1H3,(H,26,28). The number of benzene rings is 2. The molecule has 2 aromatic rings. The minimum absolute atomic E-state index is 0.0152. The van der Waals surface area contributed by atoms with Gasteiger partial charge in [-0.15, -0.1) is 0 Å². The average molecular weight is 484 g/mol. The number of anilines is 1. The predicted octanol–water partition coefficient (Wildman–Crippen LogP) is 3.98. The lowest BCUT2D eigenvalue weighted by Gasteiger charge is -2.26. The van der Waals surface area contributed by atoms with Crippen molar-refractivity contribution in [3.8, 4) is 0 Å². The summed E-state index contributed by atoms with van der Waals surface area (Å²) >= 11 is 0. The molecule has 2 aromatic carbocycles. The van der Waals surface area contributed by atoms with Crippen molar-refractivity contribution in [2.45, 2.75) is 37.3 Å². The van der Waals surface area contributed by atoms with E-state index in [9.17, 15) is 31.2 Å². The van der Waals surface area contributed by atoms with E-state index in [2.05, 4.69) is 5.32 Å². The van der Waals surface area contributed by atoms with Crippen molar-refractivity contribution in [3.05, 3.63) is 59.2 Å². The van der Waals surface area contributed by atoms with Gasteiger partial charge in [0.05, 0.1) is 16.0 Å². The maximum absolute atomic E-state index is 13.1. The van der Waals surface area contributed by atoms with Crippen LogP contribution in [0.3, 0.4) is 0 Å². The molecule has 1 saturated heterocycles. The number of sulfonamides is 1. The van der Waals surface area contributed by atoms with Gasteiger partial charge in [0.15, 0.2) is 6.61 Å². The van der Waals surface area contributed by atoms with Crippen LogP contribution < -0.4 is 5.32 Å². The third kappa shape index (κ3) is 5.91. The number of carbonyl (C=O) groups excluding carboxylic acids is 2. The number of piperidine rings is 1. The van der Waals surface area contributed by atoms with Gasteiger partial charge in [-0.2, -0.15) is 17.5 Å². The normalized spacial score (nSPS) is 15.2. The molecule has 0 spiro atoms. The van der Waals surface area contributed by atoms with E-state index in [0.717, 1.165) is 37.5 Å². The zero-order valence-corrected chi connectivity index (χ0v) is 18.6. The number of halogens is 3. The number of carbonyl (C=O) groups is 2. The highest BCUT2D eigenvalue weighted by atomic mass is 32.2. The number of aryl methyl sites for hydroxylation is 1. The second kappa shape index (κ2) is 9.92. The Balaban J connectivity index is 1.69. The first-order valence-corrected chi connectivity index (χ1v) is 11.7. The number of nitrogens with one attached hydrogen (secondary N) is 1. The van der Waals surface area contributed by atoms with Crippen molar-refractivity contribution < 1.29 is 35.9 Å². The van der Waals surface area contributed by atoms with E-state index in [0.29, 0.717) is 18.7 Å². The van der Waals surface area contributed by atoms with Gasteiger partial charge in [-0.3, -0.25) is 4.79 Å². The van der Waals surface area contributed by atoms with Gasteiger partial charge >= 0.3 is 12.1 Å². The van der Waals surface area contributed by atoms with Crippen molar-refractivity contribution in [2.75, 3.05) is 25.0 Å². The van der Waals surface area contributed by atoms with Crippen LogP contribution in [-0.4, -0.2) is 44.3 Å². The molecule has 0 bridgehead atoms. The van der Waals surface area contributed by atoms with E-state index < -0.39 is 45.8 Å². The molecule has 0 radical (unpaired) electrons. The van der Waals surface area contributed by atoms with Gasteiger partial charge in [-0.1, -0.05) is 24.6 Å². The Bertz CT molecular complexity index is 1140. The SMILES string of the molecule is Cc1ccc(S(=O)(=O)N2CCCCC2)cc1NC(=O)COC(=O)c1ccccc1C(F)(F)F. The Kier molecular flexibility index (Phi) is 7.43. The fraction of sp³-hybridized carbons (Fsp3) is 0.364. The highest BCUT2D eigenvalue weighted by Gasteiger charge is 2.35. The molecule has 178 valence electrons. The Hall–Kier alpha value is -2.92. The fourth-order valence-corrected chi connectivity index (χ4v) is 5.00. The molecule has 0 unspecified atom stereocenters. The number of esters is 1. The molecule has 33 heavy (non-hydrogen) atoms. The summed E-state index contributed by atoms with van der Waals surface area (Å²) in [7, 11) is -3.73. The lowest BCUT2D eigenvalue weighted by Crippen LogP contribution is -2.35. The topological polar surface area (TPSA) is 92.8 Å². The monoisotopic (exact) mass is 484 g/mol. The molecule has 0 aromatic heterocycles. The zero-order chi connectivity index (χ0) is 24.2. The van der Waals surface area contributed by atoms with Gasteiger partial charge in [0.1, 0.15) is 0 Å². The maximum atomic E-state index is 13.1. The summed E-state index contributed by atoms with van der Waals surface area (Å²) in [6.45, 7) is 1.66. The number of alkyl halides is 3. The molecule has 1 aliphatic heterocycles. The van der Waals surface area contributed by atoms with Crippen molar-refractivity contribution in [1.29, 1.82) is 0 Å². The molecule has 0 aliphatic carbocycles. The molecule has 1 heterocycles. The summed E-state index contributed by atoms with van der Waals surface area (Å²) in [5, 5.41) is 2.46. The summed E-state index contributed by atoms with van der Waals surface area (Å²) in [5.41, 5.74) is -1.11. The first-order chi connectivity index (χ1) is 15.5. The van der Waals surface area contributed by atoms with Crippen LogP contribution in [0.2, 0.25) is 0 Å². The molecule has 7 nitrogen and oxygen atoms in total. The molecule has 1 N–H and O–H groups in total. The van der Waals surface area contributed by atoms with Gasteiger partial charge in [0, 0.05) is 18.8 Å². The van der Waals surface area contributed by atoms with E-state index >= 15 is 0 Å². The van der Waals surface area contributed by atoms with Gasteiger partial charge in [-0.25, -0.2) is 13.2 Å². The van der Waals surface area contributed by atoms with Crippen LogP contribution in [0.1, 0.15) is 40.7 Å². The molecule has 3 rings (SSSR count). The predicted molar refractivity (Wildman–Crippen MR) is 114 cm³/mol. The first kappa shape index (κ1) is 24.7. The van der Waals surface area contributed by atoms with Gasteiger partial charge in [0.25, 0.3) is 5.91 Å². The second-order valence-electron chi connectivity index (χ2n) is 7.61. The van der Waals surface area contributed by atoms with E-state index in [4.69, 9.17) is 4.74 Å². The quantitative estimate of drug-likeness (QED) is 0.626. The summed E-state index contributed by atoms with van der Waals surface area (Å²) in [6.07, 6.45) is -2.24. The summed E-state index contributed by atoms with van der Waals surface area (Å²) in [6, 6.07) is 8.40. The fourth-order valence-electron chi connectivity index (χ4n) is 3.45. The highest BCUT2D eigenvalue weighted by molar-refractivity contribution is 7.89. The summed E-state index contributed by atoms with van der Waals surface area (Å²) in [4.78, 5) is 24.4. The van der Waals surface area contributed by atoms with Gasteiger partial charge in [-0.05, 0) is 49.6 Å². The van der Waals surface area contributed by atoms with Crippen LogP contribution >= 0.6 is 0 Å². The molecule has 0 atom stereocenters. The highest BCUT2D eigenvalue weighted by Crippen LogP contribution is 2.32. The van der Waals surface area contributed by atoms with Crippen LogP contribution in [0.5, 0.6) is 0 Å². The number of nitrogens with zero attached hydrogens (tertiary/aromatic N) is 1. The van der Waals surface area contributed by atoms with E-state index in [-0.39, 0.29) is 10.6 Å². The van der Waals surface area contributed by atoms with Crippen LogP contribution in [0.15, 0.2) is 47.4 Å². The van der Waals surface area contributed by atoms with E-state index in [1.165, 1.54) is 28.6 Å². The lowest BCUT2D eigenvalue weighted by molar-refractivity contribution is -0.138. The van der Waals surface area contributed by atoms with Crippen LogP contribution in [0.25, 0.3) is 0 Å². The molecule has 1 fully saturated rings. The van der Waals surface area contributed by atoms with Gasteiger partial charge in [0.2, 0.25) is 10.0 Å². The van der Waals surface area contributed by atoms with Crippen LogP contribution in [0.4, 0.5) is 18.9 Å². The number of amides is 1. The number of hydrogen-bond acceptors (Lipinski definition) is 5. The van der Waals surface area contributed by atoms with Gasteiger partial charge < -0.3 is 10.1 Å². The van der Waals surface area contributed by atoms with E-state index in [1.807, 2.05) is 0 Å². The second-order valence-corrected chi connectivity index (χ2v) is 9.55. The Morgan fingerprint density at radius 1 is 1.06 bits per heavy atom. The summed E-state index contributed by atoms with van der Waals surface area (Å²) in [5.74, 6) is -2.11. The van der Waals surface area contributed by atoms with Crippen molar-refractivity contribution in [2.24, 2.45) is 0 Å². The maximum Gasteiger partial charge on any atom is 0.417 e. The number of rotatable bonds is 6. The Morgan fingerprint density at radius 2 is 1.73 bits per heavy atom. The van der Waals surface area contributed by atoms with Crippen LogP contribution in [-0.2, 0) is 25.7 Å². The van der Waals surface area contributed by atoms with Crippen molar-refractivity contribution in [3.63, 3.8) is 0 Å². The average Bonchev–Trinajstić information content (AvgIpc) is 2.79. The number of ether oxygens (including phenoxy) is 1. The largest absolute Gasteiger partial charge is 0.452 e.